The van der Waals surface area contributed by atoms with Gasteiger partial charge in [0.1, 0.15) is 29.3 Å². The van der Waals surface area contributed by atoms with Crippen LogP contribution in [-0.2, 0) is 23.3 Å². The lowest BCUT2D eigenvalue weighted by molar-refractivity contribution is 0.132. The van der Waals surface area contributed by atoms with Gasteiger partial charge in [0.05, 0.1) is 50.3 Å². The van der Waals surface area contributed by atoms with Gasteiger partial charge < -0.3 is 29.9 Å². The van der Waals surface area contributed by atoms with Crippen LogP contribution in [0.4, 0.5) is 0 Å². The van der Waals surface area contributed by atoms with Crippen LogP contribution in [-0.4, -0.2) is 33.6 Å². The maximum atomic E-state index is 13.7. The normalized spacial score (nSPS) is 16.9. The molecule has 0 radical (unpaired) electrons. The number of nitrogens with zero attached hydrogens (tertiary/aromatic N) is 1. The van der Waals surface area contributed by atoms with Crippen LogP contribution in [0.25, 0.3) is 22.3 Å². The zero-order valence-corrected chi connectivity index (χ0v) is 25.6. The largest absolute Gasteiger partial charge is 0.510 e. The van der Waals surface area contributed by atoms with E-state index in [1.165, 1.54) is 12.3 Å². The summed E-state index contributed by atoms with van der Waals surface area (Å²) in [4.78, 5) is 74.3. The number of oxime groups is 1. The molecule has 0 fully saturated rings. The molecule has 4 N–H and O–H groups in total. The molecule has 4 aliphatic carbocycles. The van der Waals surface area contributed by atoms with Crippen LogP contribution in [0, 0.1) is 10.4 Å². The van der Waals surface area contributed by atoms with Crippen molar-refractivity contribution in [2.75, 3.05) is 7.11 Å². The minimum atomic E-state index is -2.08. The number of aliphatic hydroxyl groups excluding tert-OH is 2. The highest BCUT2D eigenvalue weighted by atomic mass is 35.5. The summed E-state index contributed by atoms with van der Waals surface area (Å²) in [5.74, 6) is -2.78. The SMILES string of the molecule is COc1cc(=O)c2c(=O)c3c(c(=O)c=2c1=O)=C(O)[C@]1(CCc2c1c(O)c1c(=O)[nH]c(/C=N/OCc4ccc(Cl)cc4)cc1c2Cl)C=3O. The van der Waals surface area contributed by atoms with Crippen molar-refractivity contribution in [3.05, 3.63) is 141 Å². The lowest BCUT2D eigenvalue weighted by Crippen LogP contribution is -2.51. The molecule has 3 aromatic rings. The topological polar surface area (TPSA) is 193 Å². The number of nitrogens with one attached hydrogen (secondary N) is 1. The van der Waals surface area contributed by atoms with Crippen molar-refractivity contribution >= 4 is 51.7 Å². The molecule has 1 spiro atoms. The summed E-state index contributed by atoms with van der Waals surface area (Å²) < 4.78 is 4.90. The second kappa shape index (κ2) is 10.5. The molecule has 0 aliphatic heterocycles. The number of fused-ring (bicyclic) bond motifs is 4. The zero-order chi connectivity index (χ0) is 33.5. The highest BCUT2D eigenvalue weighted by Gasteiger charge is 2.53. The summed E-state index contributed by atoms with van der Waals surface area (Å²) >= 11 is 12.7. The van der Waals surface area contributed by atoms with Crippen molar-refractivity contribution in [3.63, 3.8) is 0 Å². The molecule has 236 valence electrons. The third kappa shape index (κ3) is 4.08. The van der Waals surface area contributed by atoms with Crippen molar-refractivity contribution in [2.24, 2.45) is 5.16 Å². The van der Waals surface area contributed by atoms with Crippen molar-refractivity contribution in [1.82, 2.24) is 4.98 Å². The lowest BCUT2D eigenvalue weighted by Gasteiger charge is -2.27. The first kappa shape index (κ1) is 30.2. The molecule has 1 aromatic heterocycles. The van der Waals surface area contributed by atoms with Gasteiger partial charge in [-0.1, -0.05) is 40.5 Å². The molecular weight excluding hydrogens is 655 g/mol. The van der Waals surface area contributed by atoms with Gasteiger partial charge in [-0.05, 0) is 42.2 Å². The standard InChI is InChI=1S/C33H20Cl2N2O10/c1-46-18-9-17(38)20-21(26(18)39)28(41)23-22(27(20)40)30(43)33(31(23)44)7-6-15-24(33)29(42)19-16(25(15)35)8-14(37-32(19)45)10-36-47-11-12-2-4-13(34)5-3-12/h2-5,8-10,42-44H,6-7,11H2,1H3,(H,37,45)/b36-10+/t33-/m0/s1. The monoisotopic (exact) mass is 674 g/mol. The summed E-state index contributed by atoms with van der Waals surface area (Å²) in [7, 11) is 1.11. The van der Waals surface area contributed by atoms with Gasteiger partial charge in [-0.25, -0.2) is 0 Å². The first-order valence-corrected chi connectivity index (χ1v) is 14.7. The Morgan fingerprint density at radius 1 is 0.915 bits per heavy atom. The van der Waals surface area contributed by atoms with Crippen LogP contribution in [0.15, 0.2) is 65.5 Å². The van der Waals surface area contributed by atoms with Gasteiger partial charge in [0.15, 0.2) is 11.2 Å². The molecule has 0 saturated carbocycles. The maximum Gasteiger partial charge on any atom is 0.260 e. The summed E-state index contributed by atoms with van der Waals surface area (Å²) in [6.45, 7) is 0.122. The first-order valence-electron chi connectivity index (χ1n) is 14.0. The Labute approximate surface area is 270 Å². The smallest absolute Gasteiger partial charge is 0.260 e. The molecule has 1 heterocycles. The number of hydrogen-bond donors (Lipinski definition) is 4. The summed E-state index contributed by atoms with van der Waals surface area (Å²) in [5, 5.41) is 36.2. The van der Waals surface area contributed by atoms with Crippen LogP contribution >= 0.6 is 23.2 Å². The number of benzene rings is 2. The molecule has 7 rings (SSSR count). The molecule has 0 saturated heterocycles. The molecule has 0 unspecified atom stereocenters. The second-order valence-corrected chi connectivity index (χ2v) is 12.0. The number of phenolic OH excluding ortho intramolecular Hbond substituents is 1. The number of rotatable bonds is 5. The van der Waals surface area contributed by atoms with Crippen LogP contribution in [0.1, 0.15) is 28.8 Å². The lowest BCUT2D eigenvalue weighted by atomic mass is 9.78. The predicted molar refractivity (Wildman–Crippen MR) is 172 cm³/mol. The number of aromatic nitrogens is 1. The number of hydrogen-bond acceptors (Lipinski definition) is 11. The van der Waals surface area contributed by atoms with Gasteiger partial charge in [0.2, 0.25) is 16.3 Å². The van der Waals surface area contributed by atoms with E-state index in [2.05, 4.69) is 10.1 Å². The van der Waals surface area contributed by atoms with E-state index in [0.29, 0.717) is 5.02 Å². The third-order valence-electron chi connectivity index (χ3n) is 8.79. The van der Waals surface area contributed by atoms with E-state index in [-0.39, 0.29) is 52.1 Å². The minimum Gasteiger partial charge on any atom is -0.510 e. The number of methoxy groups -OCH3 is 1. The summed E-state index contributed by atoms with van der Waals surface area (Å²) in [6.07, 6.45) is 1.08. The van der Waals surface area contributed by atoms with E-state index in [4.69, 9.17) is 32.8 Å². The van der Waals surface area contributed by atoms with Crippen LogP contribution in [0.3, 0.4) is 0 Å². The Bertz CT molecular complexity index is 2730. The molecule has 47 heavy (non-hydrogen) atoms. The summed E-state index contributed by atoms with van der Waals surface area (Å²) in [6, 6.07) is 9.14. The van der Waals surface area contributed by atoms with Gasteiger partial charge in [-0.3, -0.25) is 24.0 Å². The maximum absolute atomic E-state index is 13.7. The van der Waals surface area contributed by atoms with E-state index in [0.717, 1.165) is 18.7 Å². The Balaban J connectivity index is 1.42. The van der Waals surface area contributed by atoms with Crippen molar-refractivity contribution < 1.29 is 24.9 Å². The fourth-order valence-electron chi connectivity index (χ4n) is 6.67. The molecule has 4 aliphatic rings. The quantitative estimate of drug-likeness (QED) is 0.156. The number of aromatic hydroxyl groups is 1. The molecule has 0 bridgehead atoms. The Morgan fingerprint density at radius 2 is 1.57 bits per heavy atom. The van der Waals surface area contributed by atoms with Gasteiger partial charge in [-0.2, -0.15) is 0 Å². The highest BCUT2D eigenvalue weighted by Crippen LogP contribution is 2.56. The second-order valence-electron chi connectivity index (χ2n) is 11.2. The number of aliphatic hydroxyl groups is 2. The fourth-order valence-corrected chi connectivity index (χ4v) is 7.13. The van der Waals surface area contributed by atoms with Crippen molar-refractivity contribution in [3.8, 4) is 11.5 Å². The van der Waals surface area contributed by atoms with Gasteiger partial charge in [0.25, 0.3) is 5.56 Å². The fraction of sp³-hybridized carbons (Fsp3) is 0.152. The van der Waals surface area contributed by atoms with E-state index < -0.39 is 76.6 Å². The van der Waals surface area contributed by atoms with Crippen molar-refractivity contribution in [2.45, 2.75) is 24.9 Å². The average Bonchev–Trinajstić information content (AvgIpc) is 3.55. The third-order valence-corrected chi connectivity index (χ3v) is 9.47. The van der Waals surface area contributed by atoms with E-state index in [1.807, 2.05) is 0 Å². The number of H-pyrrole nitrogens is 1. The van der Waals surface area contributed by atoms with Crippen LogP contribution in [0.2, 0.25) is 10.0 Å². The molecular formula is C33H20Cl2N2O10. The van der Waals surface area contributed by atoms with E-state index in [1.54, 1.807) is 24.3 Å². The average molecular weight is 675 g/mol. The predicted octanol–water partition coefficient (Wildman–Crippen LogP) is 1.37. The molecule has 0 amide bonds. The Kier molecular flexibility index (Phi) is 6.78. The molecule has 1 atom stereocenters. The zero-order valence-electron chi connectivity index (χ0n) is 24.1. The summed E-state index contributed by atoms with van der Waals surface area (Å²) in [5.41, 5.74) is -6.21. The van der Waals surface area contributed by atoms with Gasteiger partial charge >= 0.3 is 0 Å². The highest BCUT2D eigenvalue weighted by molar-refractivity contribution is 6.37. The number of ether oxygens (including phenoxy) is 1. The van der Waals surface area contributed by atoms with Crippen LogP contribution in [0.5, 0.6) is 11.5 Å². The van der Waals surface area contributed by atoms with E-state index in [9.17, 15) is 39.3 Å². The van der Waals surface area contributed by atoms with Crippen LogP contribution < -0.4 is 42.4 Å². The number of phenols is 1. The number of aromatic amines is 1. The number of pyridine rings is 1. The molecule has 12 nitrogen and oxygen atoms in total. The van der Waals surface area contributed by atoms with Crippen molar-refractivity contribution in [1.29, 1.82) is 0 Å². The minimum absolute atomic E-state index is 0.00680. The van der Waals surface area contributed by atoms with Gasteiger partial charge in [0, 0.05) is 22.0 Å². The Morgan fingerprint density at radius 3 is 2.23 bits per heavy atom. The Hall–Kier alpha value is -5.46. The first-order chi connectivity index (χ1) is 22.4. The molecule has 2 aromatic carbocycles. The van der Waals surface area contributed by atoms with Gasteiger partial charge in [-0.15, -0.1) is 0 Å². The number of halogens is 2. The van der Waals surface area contributed by atoms with E-state index >= 15 is 0 Å². The molecule has 14 heteroatoms.